The third kappa shape index (κ3) is 3.06. The number of likely N-dealkylation sites (N-methyl/N-ethyl adjacent to an activating group) is 1. The Hall–Kier alpha value is -2.45. The van der Waals surface area contributed by atoms with Crippen LogP contribution in [0.4, 0.5) is 0 Å². The first-order chi connectivity index (χ1) is 12.5. The van der Waals surface area contributed by atoms with Crippen molar-refractivity contribution in [3.63, 3.8) is 0 Å². The summed E-state index contributed by atoms with van der Waals surface area (Å²) >= 11 is 0. The average Bonchev–Trinajstić information content (AvgIpc) is 2.94. The smallest absolute Gasteiger partial charge is 0.188 e. The van der Waals surface area contributed by atoms with E-state index in [4.69, 9.17) is 0 Å². The molecule has 26 heavy (non-hydrogen) atoms. The van der Waals surface area contributed by atoms with Crippen LogP contribution in [0.5, 0.6) is 0 Å². The van der Waals surface area contributed by atoms with Crippen LogP contribution < -0.4 is 0 Å². The summed E-state index contributed by atoms with van der Waals surface area (Å²) in [5, 5.41) is 0. The predicted molar refractivity (Wildman–Crippen MR) is 108 cm³/mol. The van der Waals surface area contributed by atoms with Gasteiger partial charge < -0.3 is 0 Å². The number of hydrogen-bond acceptors (Lipinski definition) is 2. The van der Waals surface area contributed by atoms with Crippen molar-refractivity contribution in [2.75, 3.05) is 7.05 Å². The van der Waals surface area contributed by atoms with Gasteiger partial charge in [0.2, 0.25) is 0 Å². The highest BCUT2D eigenvalue weighted by atomic mass is 16.1. The summed E-state index contributed by atoms with van der Waals surface area (Å²) in [5.74, 6) is 0.219. The van der Waals surface area contributed by atoms with Gasteiger partial charge in [0.05, 0.1) is 0 Å². The molecule has 0 unspecified atom stereocenters. The van der Waals surface area contributed by atoms with E-state index in [0.717, 1.165) is 35.1 Å². The lowest BCUT2D eigenvalue weighted by Gasteiger charge is -2.34. The summed E-state index contributed by atoms with van der Waals surface area (Å²) in [6.07, 6.45) is 6.28. The molecule has 2 aromatic rings. The summed E-state index contributed by atoms with van der Waals surface area (Å²) in [6, 6.07) is 17.3. The van der Waals surface area contributed by atoms with Crippen LogP contribution in [0.2, 0.25) is 0 Å². The Balaban J connectivity index is 1.75. The van der Waals surface area contributed by atoms with Gasteiger partial charge in [0.15, 0.2) is 5.78 Å². The van der Waals surface area contributed by atoms with Crippen LogP contribution in [0.15, 0.2) is 59.7 Å². The van der Waals surface area contributed by atoms with Gasteiger partial charge in [-0.05, 0) is 57.0 Å². The van der Waals surface area contributed by atoms with E-state index in [1.54, 1.807) is 0 Å². The number of carbonyl (C=O) groups excluding carboxylic acids is 1. The molecule has 4 rings (SSSR count). The summed E-state index contributed by atoms with van der Waals surface area (Å²) < 4.78 is 0. The van der Waals surface area contributed by atoms with E-state index in [0.29, 0.717) is 0 Å². The summed E-state index contributed by atoms with van der Waals surface area (Å²) in [4.78, 5) is 15.7. The van der Waals surface area contributed by atoms with Gasteiger partial charge in [-0.2, -0.15) is 0 Å². The van der Waals surface area contributed by atoms with Crippen molar-refractivity contribution in [3.05, 3.63) is 81.9 Å². The number of nitrogens with zero attached hydrogens (tertiary/aromatic N) is 1. The highest BCUT2D eigenvalue weighted by Gasteiger charge is 2.44. The van der Waals surface area contributed by atoms with E-state index in [9.17, 15) is 4.79 Å². The zero-order chi connectivity index (χ0) is 18.3. The maximum atomic E-state index is 13.3. The van der Waals surface area contributed by atoms with E-state index in [1.165, 1.54) is 11.1 Å². The minimum atomic E-state index is 0.219. The molecular formula is C24H25NO. The van der Waals surface area contributed by atoms with Crippen LogP contribution in [-0.2, 0) is 4.79 Å². The molecule has 0 radical (unpaired) electrons. The second-order valence-electron chi connectivity index (χ2n) is 7.62. The maximum absolute atomic E-state index is 13.3. The number of rotatable bonds is 2. The Kier molecular flexibility index (Phi) is 4.37. The lowest BCUT2D eigenvalue weighted by molar-refractivity contribution is -0.114. The third-order valence-electron chi connectivity index (χ3n) is 5.74. The van der Waals surface area contributed by atoms with Crippen molar-refractivity contribution in [2.24, 2.45) is 0 Å². The number of fused-ring (bicyclic) bond motifs is 2. The monoisotopic (exact) mass is 343 g/mol. The summed E-state index contributed by atoms with van der Waals surface area (Å²) in [5.41, 5.74) is 6.55. The molecule has 0 aliphatic carbocycles. The Morgan fingerprint density at radius 3 is 1.54 bits per heavy atom. The van der Waals surface area contributed by atoms with Crippen molar-refractivity contribution in [1.82, 2.24) is 4.90 Å². The fourth-order valence-electron chi connectivity index (χ4n) is 4.17. The van der Waals surface area contributed by atoms with Crippen molar-refractivity contribution in [3.8, 4) is 0 Å². The fourth-order valence-corrected chi connectivity index (χ4v) is 4.17. The second-order valence-corrected chi connectivity index (χ2v) is 7.62. The Labute approximate surface area is 155 Å². The average molecular weight is 343 g/mol. The molecule has 2 fully saturated rings. The van der Waals surface area contributed by atoms with Gasteiger partial charge in [-0.1, -0.05) is 59.7 Å². The number of Topliss-reactive ketones (excluding diaryl/α,β-unsaturated/α-hetero) is 1. The third-order valence-corrected chi connectivity index (χ3v) is 5.74. The predicted octanol–water partition coefficient (Wildman–Crippen LogP) is 4.82. The minimum Gasteiger partial charge on any atom is -0.292 e. The molecule has 2 nitrogen and oxygen atoms in total. The van der Waals surface area contributed by atoms with Gasteiger partial charge in [-0.15, -0.1) is 0 Å². The molecule has 2 saturated heterocycles. The van der Waals surface area contributed by atoms with Gasteiger partial charge in [0.25, 0.3) is 0 Å². The van der Waals surface area contributed by atoms with Crippen LogP contribution in [0, 0.1) is 13.8 Å². The van der Waals surface area contributed by atoms with Crippen LogP contribution in [0.1, 0.15) is 35.1 Å². The summed E-state index contributed by atoms with van der Waals surface area (Å²) in [6.45, 7) is 4.17. The maximum Gasteiger partial charge on any atom is 0.188 e. The molecule has 0 spiro atoms. The van der Waals surface area contributed by atoms with Crippen molar-refractivity contribution in [1.29, 1.82) is 0 Å². The van der Waals surface area contributed by atoms with Crippen LogP contribution >= 0.6 is 0 Å². The number of hydrogen-bond donors (Lipinski definition) is 0. The van der Waals surface area contributed by atoms with Crippen molar-refractivity contribution >= 4 is 17.9 Å². The highest BCUT2D eigenvalue weighted by Crippen LogP contribution is 2.40. The number of carbonyl (C=O) groups is 1. The van der Waals surface area contributed by atoms with Gasteiger partial charge in [-0.3, -0.25) is 9.69 Å². The quantitative estimate of drug-likeness (QED) is 0.729. The molecule has 0 amide bonds. The molecular weight excluding hydrogens is 318 g/mol. The number of piperidine rings is 1. The summed E-state index contributed by atoms with van der Waals surface area (Å²) in [7, 11) is 2.15. The number of ketones is 1. The number of benzene rings is 2. The molecule has 2 atom stereocenters. The zero-order valence-electron chi connectivity index (χ0n) is 15.7. The minimum absolute atomic E-state index is 0.219. The van der Waals surface area contributed by atoms with Crippen LogP contribution in [0.3, 0.4) is 0 Å². The zero-order valence-corrected chi connectivity index (χ0v) is 15.7. The van der Waals surface area contributed by atoms with Gasteiger partial charge in [0.1, 0.15) is 0 Å². The van der Waals surface area contributed by atoms with E-state index in [2.05, 4.69) is 86.5 Å². The van der Waals surface area contributed by atoms with E-state index >= 15 is 0 Å². The number of aryl methyl sites for hydroxylation is 2. The molecule has 2 aliphatic rings. The van der Waals surface area contributed by atoms with Gasteiger partial charge in [0, 0.05) is 23.2 Å². The molecule has 2 heterocycles. The molecule has 2 aromatic carbocycles. The normalized spacial score (nSPS) is 26.0. The molecule has 0 saturated carbocycles. The molecule has 2 aliphatic heterocycles. The lowest BCUT2D eigenvalue weighted by Crippen LogP contribution is -2.43. The first-order valence-corrected chi connectivity index (χ1v) is 9.36. The van der Waals surface area contributed by atoms with Gasteiger partial charge >= 0.3 is 0 Å². The van der Waals surface area contributed by atoms with Gasteiger partial charge in [-0.25, -0.2) is 0 Å². The Morgan fingerprint density at radius 1 is 0.769 bits per heavy atom. The molecule has 2 bridgehead atoms. The van der Waals surface area contributed by atoms with Crippen LogP contribution in [-0.4, -0.2) is 29.8 Å². The topological polar surface area (TPSA) is 20.3 Å². The molecule has 2 heteroatoms. The van der Waals surface area contributed by atoms with Crippen molar-refractivity contribution in [2.45, 2.75) is 38.8 Å². The standard InChI is InChI=1S/C24H25NO/c1-16-4-8-18(9-5-16)14-20-22-12-13-23(25(22)3)21(24(20)26)15-19-10-6-17(2)7-11-19/h4-11,14-15,22-23H,12-13H2,1-3H3/b20-14+,21-15+/t22-,23-/m1/s1. The molecule has 0 N–H and O–H groups in total. The highest BCUT2D eigenvalue weighted by molar-refractivity contribution is 6.16. The fraction of sp³-hybridized carbons (Fsp3) is 0.292. The SMILES string of the molecule is Cc1ccc(/C=C2/C(=O)/C(=C/c3ccc(C)cc3)[C@H]3CC[C@H]2N3C)cc1. The lowest BCUT2D eigenvalue weighted by atomic mass is 9.88. The molecule has 0 aromatic heterocycles. The van der Waals surface area contributed by atoms with Crippen LogP contribution in [0.25, 0.3) is 12.2 Å². The molecule has 132 valence electrons. The van der Waals surface area contributed by atoms with E-state index < -0.39 is 0 Å². The second kappa shape index (κ2) is 6.69. The Morgan fingerprint density at radius 2 is 1.15 bits per heavy atom. The first kappa shape index (κ1) is 17.0. The largest absolute Gasteiger partial charge is 0.292 e. The first-order valence-electron chi connectivity index (χ1n) is 9.36. The van der Waals surface area contributed by atoms with E-state index in [-0.39, 0.29) is 17.9 Å². The van der Waals surface area contributed by atoms with E-state index in [1.807, 2.05) is 0 Å². The van der Waals surface area contributed by atoms with Crippen molar-refractivity contribution < 1.29 is 4.79 Å². The Bertz CT molecular complexity index is 813.